The van der Waals surface area contributed by atoms with Crippen molar-refractivity contribution in [3.05, 3.63) is 0 Å². The summed E-state index contributed by atoms with van der Waals surface area (Å²) in [5, 5.41) is 13.7. The Bertz CT molecular complexity index is 381. The SMILES string of the molecule is CC1(C)CC2CC(C)(CN2CCNC(=O)/C=N\O)C1. The zero-order valence-corrected chi connectivity index (χ0v) is 12.1. The van der Waals surface area contributed by atoms with Gasteiger partial charge in [0.05, 0.1) is 0 Å². The number of hydrogen-bond donors (Lipinski definition) is 2. The fourth-order valence-corrected chi connectivity index (χ4v) is 4.26. The highest BCUT2D eigenvalue weighted by molar-refractivity contribution is 6.25. The maximum absolute atomic E-state index is 11.2. The second-order valence-electron chi connectivity index (χ2n) is 7.22. The molecule has 2 aliphatic rings. The van der Waals surface area contributed by atoms with Gasteiger partial charge in [0.15, 0.2) is 0 Å². The third kappa shape index (κ3) is 3.47. The summed E-state index contributed by atoms with van der Waals surface area (Å²) in [6.45, 7) is 9.73. The van der Waals surface area contributed by atoms with Crippen molar-refractivity contribution in [2.75, 3.05) is 19.6 Å². The summed E-state index contributed by atoms with van der Waals surface area (Å²) in [4.78, 5) is 13.7. The molecule has 1 heterocycles. The van der Waals surface area contributed by atoms with E-state index in [4.69, 9.17) is 5.21 Å². The van der Waals surface area contributed by atoms with Gasteiger partial charge in [-0.1, -0.05) is 25.9 Å². The van der Waals surface area contributed by atoms with Crippen molar-refractivity contribution >= 4 is 12.1 Å². The van der Waals surface area contributed by atoms with Crippen LogP contribution in [0.5, 0.6) is 0 Å². The molecule has 1 aliphatic heterocycles. The molecule has 2 bridgehead atoms. The number of likely N-dealkylation sites (tertiary alicyclic amines) is 1. The molecule has 2 N–H and O–H groups in total. The molecule has 0 radical (unpaired) electrons. The van der Waals surface area contributed by atoms with E-state index in [1.54, 1.807) is 0 Å². The molecule has 1 amide bonds. The van der Waals surface area contributed by atoms with Crippen LogP contribution in [0.1, 0.15) is 40.0 Å². The molecule has 0 aromatic rings. The van der Waals surface area contributed by atoms with Crippen LogP contribution in [-0.4, -0.2) is 47.9 Å². The monoisotopic (exact) mass is 267 g/mol. The minimum Gasteiger partial charge on any atom is -0.411 e. The van der Waals surface area contributed by atoms with Crippen molar-refractivity contribution in [3.63, 3.8) is 0 Å². The average Bonchev–Trinajstić information content (AvgIpc) is 2.48. The Labute approximate surface area is 115 Å². The van der Waals surface area contributed by atoms with Gasteiger partial charge in [0, 0.05) is 25.7 Å². The van der Waals surface area contributed by atoms with Gasteiger partial charge in [0.25, 0.3) is 5.91 Å². The minimum atomic E-state index is -0.337. The second-order valence-corrected chi connectivity index (χ2v) is 7.22. The fourth-order valence-electron chi connectivity index (χ4n) is 4.26. The Balaban J connectivity index is 1.85. The molecule has 0 aromatic heterocycles. The number of amides is 1. The summed E-state index contributed by atoms with van der Waals surface area (Å²) >= 11 is 0. The predicted octanol–water partition coefficient (Wildman–Crippen LogP) is 1.46. The Hall–Kier alpha value is -1.10. The topological polar surface area (TPSA) is 64.9 Å². The third-order valence-corrected chi connectivity index (χ3v) is 4.40. The van der Waals surface area contributed by atoms with E-state index in [1.807, 2.05) is 0 Å². The van der Waals surface area contributed by atoms with Crippen molar-refractivity contribution in [2.45, 2.75) is 46.1 Å². The van der Waals surface area contributed by atoms with E-state index >= 15 is 0 Å². The van der Waals surface area contributed by atoms with Crippen LogP contribution >= 0.6 is 0 Å². The van der Waals surface area contributed by atoms with Crippen LogP contribution in [0.25, 0.3) is 0 Å². The number of nitrogens with zero attached hydrogens (tertiary/aromatic N) is 2. The van der Waals surface area contributed by atoms with Crippen molar-refractivity contribution in [2.24, 2.45) is 16.0 Å². The summed E-state index contributed by atoms with van der Waals surface area (Å²) in [5.74, 6) is -0.337. The van der Waals surface area contributed by atoms with Crippen molar-refractivity contribution in [3.8, 4) is 0 Å². The van der Waals surface area contributed by atoms with Gasteiger partial charge in [0.2, 0.25) is 0 Å². The van der Waals surface area contributed by atoms with Gasteiger partial charge in [-0.3, -0.25) is 9.69 Å². The fraction of sp³-hybridized carbons (Fsp3) is 0.857. The van der Waals surface area contributed by atoms with Crippen LogP contribution in [0.15, 0.2) is 5.16 Å². The Kier molecular flexibility index (Phi) is 3.85. The van der Waals surface area contributed by atoms with E-state index in [-0.39, 0.29) is 5.91 Å². The maximum atomic E-state index is 11.2. The minimum absolute atomic E-state index is 0.337. The molecule has 2 fully saturated rings. The molecule has 19 heavy (non-hydrogen) atoms. The first-order valence-electron chi connectivity index (χ1n) is 7.03. The number of nitrogens with one attached hydrogen (secondary N) is 1. The molecular formula is C14H25N3O2. The summed E-state index contributed by atoms with van der Waals surface area (Å²) in [5.41, 5.74) is 0.863. The van der Waals surface area contributed by atoms with Gasteiger partial charge >= 0.3 is 0 Å². The smallest absolute Gasteiger partial charge is 0.265 e. The quantitative estimate of drug-likeness (QED) is 0.460. The lowest BCUT2D eigenvalue weighted by Crippen LogP contribution is -2.39. The lowest BCUT2D eigenvalue weighted by atomic mass is 9.65. The summed E-state index contributed by atoms with van der Waals surface area (Å²) < 4.78 is 0. The zero-order chi connectivity index (χ0) is 14.1. The third-order valence-electron chi connectivity index (χ3n) is 4.40. The van der Waals surface area contributed by atoms with Crippen LogP contribution in [0, 0.1) is 10.8 Å². The Morgan fingerprint density at radius 2 is 2.21 bits per heavy atom. The van der Waals surface area contributed by atoms with Crippen molar-refractivity contribution in [1.29, 1.82) is 0 Å². The maximum Gasteiger partial charge on any atom is 0.265 e. The number of fused-ring (bicyclic) bond motifs is 2. The molecule has 5 nitrogen and oxygen atoms in total. The van der Waals surface area contributed by atoms with E-state index in [9.17, 15) is 4.79 Å². The summed E-state index contributed by atoms with van der Waals surface area (Å²) in [6, 6.07) is 0.650. The van der Waals surface area contributed by atoms with E-state index in [0.29, 0.717) is 23.4 Å². The highest BCUT2D eigenvalue weighted by Crippen LogP contribution is 2.52. The van der Waals surface area contributed by atoms with E-state index in [1.165, 1.54) is 19.3 Å². The number of rotatable bonds is 4. The first-order chi connectivity index (χ1) is 8.84. The normalized spacial score (nSPS) is 33.7. The summed E-state index contributed by atoms with van der Waals surface area (Å²) in [7, 11) is 0. The van der Waals surface area contributed by atoms with Gasteiger partial charge in [-0.15, -0.1) is 0 Å². The lowest BCUT2D eigenvalue weighted by molar-refractivity contribution is -0.114. The zero-order valence-electron chi connectivity index (χ0n) is 12.1. The van der Waals surface area contributed by atoms with Crippen LogP contribution in [0.2, 0.25) is 0 Å². The molecule has 108 valence electrons. The second kappa shape index (κ2) is 5.12. The van der Waals surface area contributed by atoms with Gasteiger partial charge in [0.1, 0.15) is 6.21 Å². The van der Waals surface area contributed by atoms with E-state index in [2.05, 4.69) is 36.1 Å². The van der Waals surface area contributed by atoms with E-state index < -0.39 is 0 Å². The standard InChI is InChI=1S/C14H25N3O2/c1-13(2)6-11-7-14(3,9-13)10-17(11)5-4-15-12(18)8-16-19/h8,11,19H,4-7,9-10H2,1-3H3,(H,15,18)/b16-8-. The molecule has 0 aromatic carbocycles. The molecule has 5 heteroatoms. The molecule has 2 rings (SSSR count). The molecule has 2 atom stereocenters. The number of hydrogen-bond acceptors (Lipinski definition) is 4. The Morgan fingerprint density at radius 1 is 1.47 bits per heavy atom. The Morgan fingerprint density at radius 3 is 2.89 bits per heavy atom. The van der Waals surface area contributed by atoms with Crippen LogP contribution in [0.4, 0.5) is 0 Å². The van der Waals surface area contributed by atoms with Gasteiger partial charge in [-0.05, 0) is 30.1 Å². The molecule has 0 spiro atoms. The molecule has 1 aliphatic carbocycles. The molecule has 1 saturated carbocycles. The average molecular weight is 267 g/mol. The van der Waals surface area contributed by atoms with Crippen LogP contribution in [-0.2, 0) is 4.79 Å². The summed E-state index contributed by atoms with van der Waals surface area (Å²) in [6.07, 6.45) is 4.71. The largest absolute Gasteiger partial charge is 0.411 e. The number of carbonyl (C=O) groups excluding carboxylic acids is 1. The van der Waals surface area contributed by atoms with Crippen LogP contribution in [0.3, 0.4) is 0 Å². The van der Waals surface area contributed by atoms with Gasteiger partial charge in [-0.25, -0.2) is 0 Å². The van der Waals surface area contributed by atoms with Gasteiger partial charge < -0.3 is 10.5 Å². The van der Waals surface area contributed by atoms with E-state index in [0.717, 1.165) is 19.3 Å². The molecule has 1 saturated heterocycles. The first-order valence-corrected chi connectivity index (χ1v) is 7.03. The van der Waals surface area contributed by atoms with Crippen molar-refractivity contribution < 1.29 is 10.0 Å². The van der Waals surface area contributed by atoms with Gasteiger partial charge in [-0.2, -0.15) is 0 Å². The lowest BCUT2D eigenvalue weighted by Gasteiger charge is -2.39. The molecule has 2 unspecified atom stereocenters. The van der Waals surface area contributed by atoms with Crippen molar-refractivity contribution in [1.82, 2.24) is 10.2 Å². The predicted molar refractivity (Wildman–Crippen MR) is 74.4 cm³/mol. The highest BCUT2D eigenvalue weighted by Gasteiger charge is 2.49. The number of oxime groups is 1. The molecular weight excluding hydrogens is 242 g/mol. The number of carbonyl (C=O) groups is 1. The first kappa shape index (κ1) is 14.3. The van der Waals surface area contributed by atoms with Crippen LogP contribution < -0.4 is 5.32 Å². The highest BCUT2D eigenvalue weighted by atomic mass is 16.4.